The Labute approximate surface area is 131 Å². The number of aryl methyl sites for hydroxylation is 3. The van der Waals surface area contributed by atoms with E-state index in [1.807, 2.05) is 24.5 Å². The Kier molecular flexibility index (Phi) is 3.45. The summed E-state index contributed by atoms with van der Waals surface area (Å²) < 4.78 is 16.4. The highest BCUT2D eigenvalue weighted by Crippen LogP contribution is 2.31. The fourth-order valence-corrected chi connectivity index (χ4v) is 4.02. The Morgan fingerprint density at radius 3 is 2.67 bits per heavy atom. The Morgan fingerprint density at radius 2 is 2.05 bits per heavy atom. The van der Waals surface area contributed by atoms with Crippen molar-refractivity contribution in [2.75, 3.05) is 0 Å². The molecule has 0 aliphatic heterocycles. The molecule has 0 aliphatic carbocycles. The maximum Gasteiger partial charge on any atom is 0.178 e. The lowest BCUT2D eigenvalue weighted by Gasteiger charge is -2.14. The van der Waals surface area contributed by atoms with E-state index in [2.05, 4.69) is 16.9 Å². The molecule has 0 saturated carbocycles. The van der Waals surface area contributed by atoms with Gasteiger partial charge < -0.3 is 9.55 Å². The second-order valence-electron chi connectivity index (χ2n) is 5.28. The second-order valence-corrected chi connectivity index (χ2v) is 6.90. The standard InChI is InChI=1S/C15H16FN3S2/c1-7-5-13-12(6-11(7)16)18-15(20)19(13)9(3)14-8(2)17-10(4)21-14/h5-6,9H,1-4H3,(H,18,20). The van der Waals surface area contributed by atoms with Gasteiger partial charge in [0.15, 0.2) is 4.77 Å². The highest BCUT2D eigenvalue weighted by atomic mass is 32.1. The molecular weight excluding hydrogens is 305 g/mol. The van der Waals surface area contributed by atoms with Gasteiger partial charge >= 0.3 is 0 Å². The lowest BCUT2D eigenvalue weighted by Crippen LogP contribution is -2.06. The van der Waals surface area contributed by atoms with Crippen LogP contribution >= 0.6 is 23.6 Å². The first-order valence-electron chi connectivity index (χ1n) is 6.72. The molecule has 2 aromatic heterocycles. The molecule has 0 saturated heterocycles. The van der Waals surface area contributed by atoms with Gasteiger partial charge in [0, 0.05) is 0 Å². The van der Waals surface area contributed by atoms with Crippen LogP contribution in [0.4, 0.5) is 4.39 Å². The maximum absolute atomic E-state index is 13.7. The van der Waals surface area contributed by atoms with Crippen LogP contribution in [-0.4, -0.2) is 14.5 Å². The van der Waals surface area contributed by atoms with Crippen molar-refractivity contribution in [3.8, 4) is 0 Å². The van der Waals surface area contributed by atoms with Crippen LogP contribution in [-0.2, 0) is 0 Å². The van der Waals surface area contributed by atoms with Gasteiger partial charge in [0.2, 0.25) is 0 Å². The molecule has 1 aromatic carbocycles. The SMILES string of the molecule is Cc1nc(C)c(C(C)n2c(=S)[nH]c3cc(F)c(C)cc32)s1. The average Bonchev–Trinajstić information content (AvgIpc) is 2.89. The molecule has 110 valence electrons. The zero-order valence-electron chi connectivity index (χ0n) is 12.3. The van der Waals surface area contributed by atoms with E-state index in [-0.39, 0.29) is 11.9 Å². The molecule has 0 radical (unpaired) electrons. The lowest BCUT2D eigenvalue weighted by molar-refractivity contribution is 0.619. The highest BCUT2D eigenvalue weighted by Gasteiger charge is 2.18. The minimum absolute atomic E-state index is 0.0716. The number of nitrogens with one attached hydrogen (secondary N) is 1. The third-order valence-electron chi connectivity index (χ3n) is 3.70. The Bertz CT molecular complexity index is 888. The molecule has 6 heteroatoms. The predicted octanol–water partition coefficient (Wildman–Crippen LogP) is 4.83. The first-order valence-corrected chi connectivity index (χ1v) is 7.95. The van der Waals surface area contributed by atoms with Gasteiger partial charge in [-0.15, -0.1) is 11.3 Å². The van der Waals surface area contributed by atoms with Crippen molar-refractivity contribution in [2.24, 2.45) is 0 Å². The van der Waals surface area contributed by atoms with Crippen LogP contribution in [0, 0.1) is 31.4 Å². The van der Waals surface area contributed by atoms with Crippen LogP contribution in [0.5, 0.6) is 0 Å². The van der Waals surface area contributed by atoms with Crippen molar-refractivity contribution >= 4 is 34.6 Å². The maximum atomic E-state index is 13.7. The van der Waals surface area contributed by atoms with Crippen molar-refractivity contribution in [3.63, 3.8) is 0 Å². The van der Waals surface area contributed by atoms with Crippen LogP contribution in [0.3, 0.4) is 0 Å². The number of halogens is 1. The molecule has 1 unspecified atom stereocenters. The summed E-state index contributed by atoms with van der Waals surface area (Å²) in [5.41, 5.74) is 3.31. The molecule has 3 nitrogen and oxygen atoms in total. The van der Waals surface area contributed by atoms with Gasteiger partial charge in [0.25, 0.3) is 0 Å². The van der Waals surface area contributed by atoms with E-state index < -0.39 is 0 Å². The fourth-order valence-electron chi connectivity index (χ4n) is 2.69. The number of hydrogen-bond donors (Lipinski definition) is 1. The van der Waals surface area contributed by atoms with Crippen molar-refractivity contribution in [1.29, 1.82) is 0 Å². The largest absolute Gasteiger partial charge is 0.330 e. The van der Waals surface area contributed by atoms with E-state index in [4.69, 9.17) is 12.2 Å². The summed E-state index contributed by atoms with van der Waals surface area (Å²) in [6.45, 7) is 7.88. The number of benzene rings is 1. The summed E-state index contributed by atoms with van der Waals surface area (Å²) in [5.74, 6) is -0.219. The zero-order chi connectivity index (χ0) is 15.3. The Morgan fingerprint density at radius 1 is 1.33 bits per heavy atom. The van der Waals surface area contributed by atoms with Crippen LogP contribution < -0.4 is 0 Å². The van der Waals surface area contributed by atoms with Crippen LogP contribution in [0.15, 0.2) is 12.1 Å². The van der Waals surface area contributed by atoms with Gasteiger partial charge in [0.1, 0.15) is 5.82 Å². The number of aromatic amines is 1. The van der Waals surface area contributed by atoms with Gasteiger partial charge in [-0.25, -0.2) is 9.37 Å². The minimum atomic E-state index is -0.219. The molecule has 3 aromatic rings. The molecule has 3 rings (SSSR count). The summed E-state index contributed by atoms with van der Waals surface area (Å²) in [5, 5.41) is 1.04. The highest BCUT2D eigenvalue weighted by molar-refractivity contribution is 7.71. The second kappa shape index (κ2) is 5.03. The first-order chi connectivity index (χ1) is 9.88. The monoisotopic (exact) mass is 321 g/mol. The van der Waals surface area contributed by atoms with Crippen molar-refractivity contribution < 1.29 is 4.39 Å². The summed E-state index contributed by atoms with van der Waals surface area (Å²) >= 11 is 7.11. The summed E-state index contributed by atoms with van der Waals surface area (Å²) in [6.07, 6.45) is 0. The molecule has 0 aliphatic rings. The van der Waals surface area contributed by atoms with Crippen molar-refractivity contribution in [2.45, 2.75) is 33.7 Å². The van der Waals surface area contributed by atoms with Gasteiger partial charge in [-0.05, 0) is 57.6 Å². The number of hydrogen-bond acceptors (Lipinski definition) is 3. The number of aromatic nitrogens is 3. The smallest absolute Gasteiger partial charge is 0.178 e. The van der Waals surface area contributed by atoms with E-state index in [1.54, 1.807) is 18.3 Å². The van der Waals surface area contributed by atoms with Gasteiger partial charge in [-0.2, -0.15) is 0 Å². The predicted molar refractivity (Wildman–Crippen MR) is 87.2 cm³/mol. The average molecular weight is 321 g/mol. The molecular formula is C15H16FN3S2. The first kappa shape index (κ1) is 14.4. The number of fused-ring (bicyclic) bond motifs is 1. The van der Waals surface area contributed by atoms with E-state index in [9.17, 15) is 4.39 Å². The molecule has 1 atom stereocenters. The quantitative estimate of drug-likeness (QED) is 0.686. The third-order valence-corrected chi connectivity index (χ3v) is 5.24. The summed E-state index contributed by atoms with van der Waals surface area (Å²) in [7, 11) is 0. The van der Waals surface area contributed by atoms with Crippen LogP contribution in [0.2, 0.25) is 0 Å². The van der Waals surface area contributed by atoms with Gasteiger partial charge in [0.05, 0.1) is 32.7 Å². The van der Waals surface area contributed by atoms with E-state index in [0.29, 0.717) is 10.3 Å². The number of thiazole rings is 1. The molecule has 0 fully saturated rings. The number of H-pyrrole nitrogens is 1. The molecule has 2 heterocycles. The normalized spacial score (nSPS) is 13.0. The molecule has 0 amide bonds. The number of rotatable bonds is 2. The van der Waals surface area contributed by atoms with Gasteiger partial charge in [-0.1, -0.05) is 0 Å². The molecule has 0 spiro atoms. The number of nitrogens with zero attached hydrogens (tertiary/aromatic N) is 2. The Balaban J connectivity index is 2.24. The summed E-state index contributed by atoms with van der Waals surface area (Å²) in [6, 6.07) is 3.42. The fraction of sp³-hybridized carbons (Fsp3) is 0.333. The molecule has 0 bridgehead atoms. The van der Waals surface area contributed by atoms with Crippen molar-refractivity contribution in [3.05, 3.63) is 43.9 Å². The Hall–Kier alpha value is -1.53. The topological polar surface area (TPSA) is 33.6 Å². The minimum Gasteiger partial charge on any atom is -0.330 e. The van der Waals surface area contributed by atoms with Crippen molar-refractivity contribution in [1.82, 2.24) is 14.5 Å². The van der Waals surface area contributed by atoms with Gasteiger partial charge in [-0.3, -0.25) is 0 Å². The number of imidazole rings is 1. The van der Waals surface area contributed by atoms with Crippen LogP contribution in [0.25, 0.3) is 11.0 Å². The van der Waals surface area contributed by atoms with E-state index in [1.165, 1.54) is 10.9 Å². The summed E-state index contributed by atoms with van der Waals surface area (Å²) in [4.78, 5) is 8.76. The lowest BCUT2D eigenvalue weighted by atomic mass is 10.2. The van der Waals surface area contributed by atoms with E-state index in [0.717, 1.165) is 21.7 Å². The molecule has 21 heavy (non-hydrogen) atoms. The van der Waals surface area contributed by atoms with Crippen LogP contribution in [0.1, 0.15) is 34.1 Å². The zero-order valence-corrected chi connectivity index (χ0v) is 14.0. The third kappa shape index (κ3) is 2.32. The van der Waals surface area contributed by atoms with E-state index >= 15 is 0 Å². The molecule has 1 N–H and O–H groups in total.